The van der Waals surface area contributed by atoms with Crippen molar-refractivity contribution in [2.75, 3.05) is 0 Å². The smallest absolute Gasteiger partial charge is 0.123 e. The van der Waals surface area contributed by atoms with Gasteiger partial charge in [-0.05, 0) is 150 Å². The van der Waals surface area contributed by atoms with E-state index < -0.39 is 5.41 Å². The molecule has 0 heterocycles. The van der Waals surface area contributed by atoms with Crippen molar-refractivity contribution in [2.45, 2.75) is 59.8 Å². The van der Waals surface area contributed by atoms with Crippen molar-refractivity contribution in [3.05, 3.63) is 234 Å². The molecule has 10 aromatic rings. The van der Waals surface area contributed by atoms with Crippen LogP contribution < -0.4 is 0 Å². The van der Waals surface area contributed by atoms with Gasteiger partial charge in [0.05, 0.1) is 5.41 Å². The Balaban J connectivity index is 0.000000173. The largest absolute Gasteiger partial charge is 0.508 e. The second-order valence-corrected chi connectivity index (χ2v) is 15.6. The minimum absolute atomic E-state index is 0.273. The Morgan fingerprint density at radius 2 is 0.734 bits per heavy atom. The number of phenols is 3. The fourth-order valence-corrected chi connectivity index (χ4v) is 8.92. The molecule has 1 aliphatic rings. The van der Waals surface area contributed by atoms with Gasteiger partial charge in [0.2, 0.25) is 0 Å². The molecule has 11 rings (SSSR count). The van der Waals surface area contributed by atoms with Gasteiger partial charge in [-0.25, -0.2) is 0 Å². The molecule has 0 aromatic heterocycles. The highest BCUT2D eigenvalue weighted by Gasteiger charge is 2.46. The minimum atomic E-state index is -0.495. The maximum atomic E-state index is 10.0. The molecule has 0 saturated heterocycles. The summed E-state index contributed by atoms with van der Waals surface area (Å²) in [5, 5.41) is 38.3. The third-order valence-electron chi connectivity index (χ3n) is 12.0. The molecular weight excluding hydrogens is 781 g/mol. The second-order valence-electron chi connectivity index (χ2n) is 15.6. The molecular formula is C61H58O3. The lowest BCUT2D eigenvalue weighted by molar-refractivity contribution is 0.475. The van der Waals surface area contributed by atoms with E-state index in [1.165, 1.54) is 49.9 Å². The quantitative estimate of drug-likeness (QED) is 0.155. The van der Waals surface area contributed by atoms with E-state index in [9.17, 15) is 15.3 Å². The molecule has 1 aliphatic carbocycles. The van der Waals surface area contributed by atoms with Crippen molar-refractivity contribution < 1.29 is 15.3 Å². The molecule has 0 radical (unpaired) electrons. The van der Waals surface area contributed by atoms with Crippen molar-refractivity contribution >= 4 is 43.1 Å². The first-order valence-electron chi connectivity index (χ1n) is 22.7. The summed E-state index contributed by atoms with van der Waals surface area (Å²) in [6, 6.07) is 68.3. The first-order chi connectivity index (χ1) is 31.3. The van der Waals surface area contributed by atoms with E-state index >= 15 is 0 Å². The fraction of sp³-hybridized carbons (Fsp3) is 0.148. The van der Waals surface area contributed by atoms with Gasteiger partial charge in [0.15, 0.2) is 0 Å². The Kier molecular flexibility index (Phi) is 14.1. The summed E-state index contributed by atoms with van der Waals surface area (Å²) in [6.07, 6.45) is 2.29. The van der Waals surface area contributed by atoms with Crippen LogP contribution in [0.15, 0.2) is 200 Å². The number of hydrogen-bond acceptors (Lipinski definition) is 3. The normalized spacial score (nSPS) is 11.7. The van der Waals surface area contributed by atoms with Crippen LogP contribution in [0.25, 0.3) is 54.2 Å². The van der Waals surface area contributed by atoms with Gasteiger partial charge in [-0.1, -0.05) is 187 Å². The molecule has 64 heavy (non-hydrogen) atoms. The van der Waals surface area contributed by atoms with Gasteiger partial charge in [0.1, 0.15) is 17.2 Å². The maximum absolute atomic E-state index is 10.0. The Hall–Kier alpha value is -7.36. The number of aromatic hydroxyl groups is 3. The molecule has 0 bridgehead atoms. The predicted octanol–water partition coefficient (Wildman–Crippen LogP) is 16.3. The fourth-order valence-electron chi connectivity index (χ4n) is 8.92. The maximum Gasteiger partial charge on any atom is 0.123 e. The summed E-state index contributed by atoms with van der Waals surface area (Å²) in [5.41, 5.74) is 9.76. The molecule has 0 unspecified atom stereocenters. The summed E-state index contributed by atoms with van der Waals surface area (Å²) in [4.78, 5) is 0. The SMILES string of the molecule is CC.CC.CCc1ccc(CC)cc1.Oc1ccc2cc(C3(c4ccc5cc(O)ccc5c4)c4ccccc4-c4ccccc43)ccc2c1.Oc1cccc2cc3ccccc3cc12. The lowest BCUT2D eigenvalue weighted by Crippen LogP contribution is -2.28. The third-order valence-corrected chi connectivity index (χ3v) is 12.0. The highest BCUT2D eigenvalue weighted by molar-refractivity contribution is 6.00. The zero-order chi connectivity index (χ0) is 45.2. The summed E-state index contributed by atoms with van der Waals surface area (Å²) in [5.74, 6) is 0.891. The zero-order valence-electron chi connectivity index (χ0n) is 37.8. The molecule has 3 nitrogen and oxygen atoms in total. The Morgan fingerprint density at radius 3 is 1.22 bits per heavy atom. The summed E-state index contributed by atoms with van der Waals surface area (Å²) in [6.45, 7) is 12.4. The topological polar surface area (TPSA) is 60.7 Å². The van der Waals surface area contributed by atoms with E-state index in [1.807, 2.05) is 82.3 Å². The number of rotatable bonds is 4. The van der Waals surface area contributed by atoms with Crippen molar-refractivity contribution in [3.63, 3.8) is 0 Å². The monoisotopic (exact) mass is 838 g/mol. The summed E-state index contributed by atoms with van der Waals surface area (Å²) >= 11 is 0. The second kappa shape index (κ2) is 20.2. The zero-order valence-corrected chi connectivity index (χ0v) is 37.8. The van der Waals surface area contributed by atoms with Crippen molar-refractivity contribution in [2.24, 2.45) is 0 Å². The summed E-state index contributed by atoms with van der Waals surface area (Å²) < 4.78 is 0. The average molecular weight is 839 g/mol. The molecule has 0 amide bonds. The predicted molar refractivity (Wildman–Crippen MR) is 273 cm³/mol. The highest BCUT2D eigenvalue weighted by Crippen LogP contribution is 2.56. The standard InChI is InChI=1S/C33H22O2.C14H10O.C10H14.2C2H6/c34-27-15-11-21-17-25(13-9-23(21)19-27)33(26-14-10-24-20-28(35)16-12-22(24)18-26)31-7-3-1-5-29(31)30-6-2-4-8-32(30)33;15-14-7-3-6-12-8-10-4-1-2-5-11(10)9-13(12)14;1-3-9-5-7-10(4-2)8-6-9;2*1-2/h1-20,34-35H;1-9,15H;5-8H,3-4H2,1-2H3;2*1-2H3. The van der Waals surface area contributed by atoms with Crippen LogP contribution in [0, 0.1) is 0 Å². The van der Waals surface area contributed by atoms with Crippen LogP contribution in [-0.2, 0) is 18.3 Å². The number of hydrogen-bond donors (Lipinski definition) is 3. The van der Waals surface area contributed by atoms with Crippen molar-refractivity contribution in [1.82, 2.24) is 0 Å². The van der Waals surface area contributed by atoms with Crippen LogP contribution in [0.5, 0.6) is 17.2 Å². The lowest BCUT2D eigenvalue weighted by Gasteiger charge is -2.34. The Bertz CT molecular complexity index is 3010. The van der Waals surface area contributed by atoms with Crippen LogP contribution in [-0.4, -0.2) is 15.3 Å². The van der Waals surface area contributed by atoms with Gasteiger partial charge in [0.25, 0.3) is 0 Å². The number of phenolic OH excluding ortho intramolecular Hbond substituents is 3. The number of fused-ring (bicyclic) bond motifs is 7. The molecule has 10 aromatic carbocycles. The molecule has 3 heteroatoms. The van der Waals surface area contributed by atoms with Gasteiger partial charge >= 0.3 is 0 Å². The van der Waals surface area contributed by atoms with E-state index in [4.69, 9.17) is 0 Å². The van der Waals surface area contributed by atoms with E-state index in [0.29, 0.717) is 5.75 Å². The van der Waals surface area contributed by atoms with Crippen molar-refractivity contribution in [1.29, 1.82) is 0 Å². The number of benzene rings is 10. The van der Waals surface area contributed by atoms with E-state index in [1.54, 1.807) is 18.2 Å². The molecule has 0 saturated carbocycles. The third kappa shape index (κ3) is 8.80. The van der Waals surface area contributed by atoms with Gasteiger partial charge < -0.3 is 15.3 Å². The Morgan fingerprint density at radius 1 is 0.344 bits per heavy atom. The first kappa shape index (κ1) is 44.7. The molecule has 320 valence electrons. The molecule has 0 spiro atoms. The van der Waals surface area contributed by atoms with Gasteiger partial charge in [0, 0.05) is 5.39 Å². The molecule has 0 aliphatic heterocycles. The lowest BCUT2D eigenvalue weighted by atomic mass is 9.67. The van der Waals surface area contributed by atoms with E-state index in [0.717, 1.165) is 50.5 Å². The van der Waals surface area contributed by atoms with Crippen LogP contribution >= 0.6 is 0 Å². The molecule has 0 atom stereocenters. The van der Waals surface area contributed by atoms with Crippen LogP contribution in [0.3, 0.4) is 0 Å². The van der Waals surface area contributed by atoms with Gasteiger partial charge in [-0.15, -0.1) is 0 Å². The summed E-state index contributed by atoms with van der Waals surface area (Å²) in [7, 11) is 0. The van der Waals surface area contributed by atoms with Crippen LogP contribution in [0.2, 0.25) is 0 Å². The van der Waals surface area contributed by atoms with Gasteiger partial charge in [-0.3, -0.25) is 0 Å². The highest BCUT2D eigenvalue weighted by atomic mass is 16.3. The first-order valence-corrected chi connectivity index (χ1v) is 22.7. The van der Waals surface area contributed by atoms with E-state index in [-0.39, 0.29) is 11.5 Å². The molecule has 3 N–H and O–H groups in total. The van der Waals surface area contributed by atoms with Crippen LogP contribution in [0.1, 0.15) is 74.9 Å². The minimum Gasteiger partial charge on any atom is -0.508 e. The van der Waals surface area contributed by atoms with Crippen LogP contribution in [0.4, 0.5) is 0 Å². The number of aryl methyl sites for hydroxylation is 2. The van der Waals surface area contributed by atoms with E-state index in [2.05, 4.69) is 141 Å². The van der Waals surface area contributed by atoms with Crippen molar-refractivity contribution in [3.8, 4) is 28.4 Å². The molecule has 0 fully saturated rings. The average Bonchev–Trinajstić information content (AvgIpc) is 3.66. The van der Waals surface area contributed by atoms with Gasteiger partial charge in [-0.2, -0.15) is 0 Å². The Labute approximate surface area is 378 Å².